The Hall–Kier alpha value is -2.07. The molecule has 0 aliphatic carbocycles. The fourth-order valence-electron chi connectivity index (χ4n) is 0.987. The minimum atomic E-state index is -0.372. The number of carbonyl (C=O) groups is 1. The number of nitriles is 1. The maximum atomic E-state index is 10.5. The van der Waals surface area contributed by atoms with Crippen LogP contribution in [0.3, 0.4) is 0 Å². The van der Waals surface area contributed by atoms with E-state index in [2.05, 4.69) is 15.3 Å². The molecule has 0 radical (unpaired) electrons. The maximum absolute atomic E-state index is 10.5. The lowest BCUT2D eigenvalue weighted by molar-refractivity contribution is -0.140. The minimum Gasteiger partial charge on any atom is -0.464 e. The van der Waals surface area contributed by atoms with Gasteiger partial charge in [-0.1, -0.05) is 11.6 Å². The van der Waals surface area contributed by atoms with Crippen LogP contribution in [0.1, 0.15) is 12.6 Å². The molecule has 0 bridgehead atoms. The van der Waals surface area contributed by atoms with Crippen LogP contribution in [-0.4, -0.2) is 29.1 Å². The van der Waals surface area contributed by atoms with E-state index in [0.717, 1.165) is 0 Å². The van der Waals surface area contributed by atoms with Crippen molar-refractivity contribution in [3.63, 3.8) is 0 Å². The first-order valence-corrected chi connectivity index (χ1v) is 5.02. The molecule has 0 atom stereocenters. The second-order valence-electron chi connectivity index (χ2n) is 2.98. The molecule has 3 N–H and O–H groups in total. The molecule has 1 rings (SSSR count). The van der Waals surface area contributed by atoms with E-state index in [-0.39, 0.29) is 35.1 Å². The van der Waals surface area contributed by atoms with Crippen LogP contribution in [0.2, 0.25) is 5.15 Å². The summed E-state index contributed by atoms with van der Waals surface area (Å²) in [5, 5.41) is 11.5. The number of nitrogens with one attached hydrogen (secondary N) is 1. The molecular formula is C9H10ClN5O2. The Labute approximate surface area is 103 Å². The van der Waals surface area contributed by atoms with E-state index < -0.39 is 0 Å². The highest BCUT2D eigenvalue weighted by atomic mass is 35.5. The number of anilines is 2. The summed E-state index contributed by atoms with van der Waals surface area (Å²) in [5.41, 5.74) is 5.45. The quantitative estimate of drug-likeness (QED) is 0.597. The molecule has 1 heterocycles. The van der Waals surface area contributed by atoms with E-state index in [1.165, 1.54) is 6.92 Å². The molecule has 1 aromatic rings. The molecule has 0 amide bonds. The topological polar surface area (TPSA) is 114 Å². The van der Waals surface area contributed by atoms with Crippen molar-refractivity contribution in [2.45, 2.75) is 6.92 Å². The van der Waals surface area contributed by atoms with Crippen molar-refractivity contribution in [3.05, 3.63) is 10.8 Å². The number of hydrogen-bond acceptors (Lipinski definition) is 7. The zero-order valence-corrected chi connectivity index (χ0v) is 9.78. The summed E-state index contributed by atoms with van der Waals surface area (Å²) in [6, 6.07) is 1.77. The van der Waals surface area contributed by atoms with E-state index in [1.54, 1.807) is 6.07 Å². The largest absolute Gasteiger partial charge is 0.464 e. The number of halogens is 1. The number of nitrogen functional groups attached to an aromatic ring is 1. The average Bonchev–Trinajstić information content (AvgIpc) is 2.28. The Morgan fingerprint density at radius 3 is 2.94 bits per heavy atom. The molecule has 90 valence electrons. The van der Waals surface area contributed by atoms with Crippen LogP contribution in [0.15, 0.2) is 0 Å². The van der Waals surface area contributed by atoms with Crippen LogP contribution < -0.4 is 11.1 Å². The Morgan fingerprint density at radius 2 is 2.35 bits per heavy atom. The fourth-order valence-corrected chi connectivity index (χ4v) is 1.18. The first kappa shape index (κ1) is 13.0. The second-order valence-corrected chi connectivity index (χ2v) is 3.33. The van der Waals surface area contributed by atoms with Gasteiger partial charge in [-0.3, -0.25) is 4.79 Å². The molecule has 8 heteroatoms. The molecule has 7 nitrogen and oxygen atoms in total. The van der Waals surface area contributed by atoms with Gasteiger partial charge in [-0.05, 0) is 0 Å². The SMILES string of the molecule is CC(=O)OCCNc1nc(N)c(C#N)nc1Cl. The molecule has 0 spiro atoms. The van der Waals surface area contributed by atoms with Crippen molar-refractivity contribution in [1.29, 1.82) is 5.26 Å². The number of nitrogens with two attached hydrogens (primary N) is 1. The van der Waals surface area contributed by atoms with Gasteiger partial charge >= 0.3 is 5.97 Å². The molecule has 0 aliphatic heterocycles. The zero-order valence-electron chi connectivity index (χ0n) is 9.03. The lowest BCUT2D eigenvalue weighted by Crippen LogP contribution is -2.14. The van der Waals surface area contributed by atoms with Gasteiger partial charge in [-0.15, -0.1) is 0 Å². The Bertz CT molecular complexity index is 471. The van der Waals surface area contributed by atoms with E-state index in [1.807, 2.05) is 0 Å². The Balaban J connectivity index is 2.63. The molecule has 0 aromatic carbocycles. The summed E-state index contributed by atoms with van der Waals surface area (Å²) >= 11 is 5.77. The number of carbonyl (C=O) groups excluding carboxylic acids is 1. The van der Waals surface area contributed by atoms with Crippen molar-refractivity contribution in [1.82, 2.24) is 9.97 Å². The second kappa shape index (κ2) is 5.86. The summed E-state index contributed by atoms with van der Waals surface area (Å²) in [4.78, 5) is 18.1. The van der Waals surface area contributed by atoms with E-state index >= 15 is 0 Å². The van der Waals surface area contributed by atoms with Crippen LogP contribution in [0, 0.1) is 11.3 Å². The number of ether oxygens (including phenoxy) is 1. The predicted molar refractivity (Wildman–Crippen MR) is 61.3 cm³/mol. The summed E-state index contributed by atoms with van der Waals surface area (Å²) in [6.45, 7) is 1.80. The normalized spacial score (nSPS) is 9.47. The Morgan fingerprint density at radius 1 is 1.65 bits per heavy atom. The third-order valence-electron chi connectivity index (χ3n) is 1.69. The van der Waals surface area contributed by atoms with Crippen LogP contribution >= 0.6 is 11.6 Å². The molecular weight excluding hydrogens is 246 g/mol. The van der Waals surface area contributed by atoms with Gasteiger partial charge in [-0.2, -0.15) is 5.26 Å². The number of hydrogen-bond donors (Lipinski definition) is 2. The summed E-state index contributed by atoms with van der Waals surface area (Å²) in [6.07, 6.45) is 0. The van der Waals surface area contributed by atoms with E-state index in [0.29, 0.717) is 6.54 Å². The maximum Gasteiger partial charge on any atom is 0.302 e. The molecule has 0 aliphatic rings. The van der Waals surface area contributed by atoms with Gasteiger partial charge in [0.25, 0.3) is 0 Å². The number of aromatic nitrogens is 2. The minimum absolute atomic E-state index is 0.00751. The van der Waals surface area contributed by atoms with Crippen LogP contribution in [0.5, 0.6) is 0 Å². The van der Waals surface area contributed by atoms with Gasteiger partial charge in [0.1, 0.15) is 12.7 Å². The van der Waals surface area contributed by atoms with Gasteiger partial charge in [0.05, 0.1) is 6.54 Å². The van der Waals surface area contributed by atoms with Gasteiger partial charge in [-0.25, -0.2) is 9.97 Å². The fraction of sp³-hybridized carbons (Fsp3) is 0.333. The first-order valence-electron chi connectivity index (χ1n) is 4.65. The highest BCUT2D eigenvalue weighted by molar-refractivity contribution is 6.31. The number of esters is 1. The van der Waals surface area contributed by atoms with Crippen molar-refractivity contribution in [2.24, 2.45) is 0 Å². The summed E-state index contributed by atoms with van der Waals surface area (Å²) in [5.74, 6) is -0.134. The van der Waals surface area contributed by atoms with Crippen molar-refractivity contribution < 1.29 is 9.53 Å². The number of rotatable bonds is 4. The number of nitrogens with zero attached hydrogens (tertiary/aromatic N) is 3. The zero-order chi connectivity index (χ0) is 12.8. The molecule has 0 saturated carbocycles. The molecule has 0 saturated heterocycles. The Kier molecular flexibility index (Phi) is 4.48. The van der Waals surface area contributed by atoms with Gasteiger partial charge in [0.2, 0.25) is 0 Å². The van der Waals surface area contributed by atoms with Crippen LogP contribution in [0.25, 0.3) is 0 Å². The van der Waals surface area contributed by atoms with E-state index in [4.69, 9.17) is 27.3 Å². The first-order chi connectivity index (χ1) is 8.04. The lowest BCUT2D eigenvalue weighted by Gasteiger charge is -2.08. The van der Waals surface area contributed by atoms with Crippen LogP contribution in [-0.2, 0) is 9.53 Å². The monoisotopic (exact) mass is 255 g/mol. The van der Waals surface area contributed by atoms with Crippen LogP contribution in [0.4, 0.5) is 11.6 Å². The third kappa shape index (κ3) is 3.77. The highest BCUT2D eigenvalue weighted by Gasteiger charge is 2.09. The van der Waals surface area contributed by atoms with Gasteiger partial charge in [0.15, 0.2) is 22.5 Å². The third-order valence-corrected chi connectivity index (χ3v) is 1.95. The highest BCUT2D eigenvalue weighted by Crippen LogP contribution is 2.19. The van der Waals surface area contributed by atoms with Crippen molar-refractivity contribution >= 4 is 29.2 Å². The molecule has 0 unspecified atom stereocenters. The van der Waals surface area contributed by atoms with Gasteiger partial charge < -0.3 is 15.8 Å². The van der Waals surface area contributed by atoms with Crippen molar-refractivity contribution in [3.8, 4) is 6.07 Å². The molecule has 17 heavy (non-hydrogen) atoms. The predicted octanol–water partition coefficient (Wildman–Crippen LogP) is 0.559. The summed E-state index contributed by atoms with van der Waals surface area (Å²) < 4.78 is 4.70. The standard InChI is InChI=1S/C9H10ClN5O2/c1-5(16)17-3-2-13-9-7(10)14-6(4-11)8(12)15-9/h2-3H2,1H3,(H3,12,13,15). The summed E-state index contributed by atoms with van der Waals surface area (Å²) in [7, 11) is 0. The molecule has 0 fully saturated rings. The lowest BCUT2D eigenvalue weighted by atomic mass is 10.4. The van der Waals surface area contributed by atoms with Gasteiger partial charge in [0, 0.05) is 6.92 Å². The smallest absolute Gasteiger partial charge is 0.302 e. The van der Waals surface area contributed by atoms with Crippen molar-refractivity contribution in [2.75, 3.05) is 24.2 Å². The average molecular weight is 256 g/mol. The molecule has 1 aromatic heterocycles. The van der Waals surface area contributed by atoms with E-state index in [9.17, 15) is 4.79 Å².